The smallest absolute Gasteiger partial charge is 0.264 e. The van der Waals surface area contributed by atoms with Crippen molar-refractivity contribution in [1.82, 2.24) is 10.2 Å². The van der Waals surface area contributed by atoms with Gasteiger partial charge in [-0.15, -0.1) is 0 Å². The number of hydrogen-bond donors (Lipinski definition) is 1. The van der Waals surface area contributed by atoms with Crippen LogP contribution in [0.1, 0.15) is 31.9 Å². The first-order chi connectivity index (χ1) is 18.6. The minimum absolute atomic E-state index is 0.0490. The molecule has 3 aromatic carbocycles. The van der Waals surface area contributed by atoms with Crippen molar-refractivity contribution < 1.29 is 22.7 Å². The number of hydrogen-bond acceptors (Lipinski definition) is 5. The molecule has 2 amide bonds. The van der Waals surface area contributed by atoms with Gasteiger partial charge in [-0.3, -0.25) is 13.9 Å². The van der Waals surface area contributed by atoms with E-state index in [0.717, 1.165) is 9.87 Å². The highest BCUT2D eigenvalue weighted by atomic mass is 35.5. The van der Waals surface area contributed by atoms with E-state index in [-0.39, 0.29) is 17.3 Å². The van der Waals surface area contributed by atoms with E-state index in [1.807, 2.05) is 13.8 Å². The van der Waals surface area contributed by atoms with Crippen LogP contribution in [-0.2, 0) is 26.2 Å². The van der Waals surface area contributed by atoms with Crippen LogP contribution in [0.2, 0.25) is 5.02 Å². The molecule has 1 atom stereocenters. The Morgan fingerprint density at radius 2 is 1.67 bits per heavy atom. The third kappa shape index (κ3) is 7.74. The van der Waals surface area contributed by atoms with Crippen LogP contribution in [0.25, 0.3) is 0 Å². The van der Waals surface area contributed by atoms with Crippen molar-refractivity contribution in [2.75, 3.05) is 24.0 Å². The number of sulfonamides is 1. The van der Waals surface area contributed by atoms with Crippen LogP contribution in [0.5, 0.6) is 5.75 Å². The molecule has 0 saturated heterocycles. The molecule has 0 fully saturated rings. The summed E-state index contributed by atoms with van der Waals surface area (Å²) in [6.45, 7) is 7.51. The predicted octanol–water partition coefficient (Wildman–Crippen LogP) is 4.80. The Morgan fingerprint density at radius 1 is 1.00 bits per heavy atom. The number of likely N-dealkylation sites (N-methyl/N-ethyl adjacent to an activating group) is 1. The minimum atomic E-state index is -4.14. The van der Waals surface area contributed by atoms with E-state index in [2.05, 4.69) is 5.32 Å². The van der Waals surface area contributed by atoms with Gasteiger partial charge in [-0.1, -0.05) is 41.4 Å². The molecule has 3 rings (SSSR count). The lowest BCUT2D eigenvalue weighted by Gasteiger charge is -2.32. The maximum Gasteiger partial charge on any atom is 0.264 e. The van der Waals surface area contributed by atoms with Crippen molar-refractivity contribution in [3.63, 3.8) is 0 Å². The number of nitrogens with zero attached hydrogens (tertiary/aromatic N) is 2. The average Bonchev–Trinajstić information content (AvgIpc) is 2.91. The van der Waals surface area contributed by atoms with Gasteiger partial charge in [-0.2, -0.15) is 0 Å². The molecule has 39 heavy (non-hydrogen) atoms. The van der Waals surface area contributed by atoms with Crippen LogP contribution in [0.15, 0.2) is 77.7 Å². The Bertz CT molecular complexity index is 1380. The van der Waals surface area contributed by atoms with E-state index in [1.54, 1.807) is 74.5 Å². The maximum atomic E-state index is 13.9. The highest BCUT2D eigenvalue weighted by Gasteiger charge is 2.32. The summed E-state index contributed by atoms with van der Waals surface area (Å²) in [7, 11) is -4.14. The fourth-order valence-corrected chi connectivity index (χ4v) is 5.61. The molecule has 0 radical (unpaired) electrons. The summed E-state index contributed by atoms with van der Waals surface area (Å²) in [5, 5.41) is 3.23. The van der Waals surface area contributed by atoms with E-state index >= 15 is 0 Å². The first kappa shape index (κ1) is 30.0. The quantitative estimate of drug-likeness (QED) is 0.337. The monoisotopic (exact) mass is 571 g/mol. The number of ether oxygens (including phenoxy) is 1. The SMILES string of the molecule is CCNC(=O)C(C)N(Cc1cccc(Cl)c1)C(=O)CN(c1ccc(OCC)cc1)S(=O)(=O)c1ccc(C)cc1. The second-order valence-electron chi connectivity index (χ2n) is 8.97. The molecule has 0 aliphatic heterocycles. The molecule has 3 aromatic rings. The van der Waals surface area contributed by atoms with Gasteiger partial charge in [-0.05, 0) is 81.8 Å². The summed E-state index contributed by atoms with van der Waals surface area (Å²) in [4.78, 5) is 28.0. The Labute approximate surface area is 235 Å². The molecule has 0 bridgehead atoms. The van der Waals surface area contributed by atoms with Crippen LogP contribution >= 0.6 is 11.6 Å². The molecular weight excluding hydrogens is 538 g/mol. The van der Waals surface area contributed by atoms with Crippen molar-refractivity contribution in [2.45, 2.75) is 45.2 Å². The van der Waals surface area contributed by atoms with Gasteiger partial charge < -0.3 is 15.0 Å². The van der Waals surface area contributed by atoms with Gasteiger partial charge in [0.15, 0.2) is 0 Å². The Kier molecular flexibility index (Phi) is 10.4. The average molecular weight is 572 g/mol. The molecule has 1 N–H and O–H groups in total. The van der Waals surface area contributed by atoms with Crippen LogP contribution < -0.4 is 14.4 Å². The molecule has 0 aliphatic rings. The molecule has 10 heteroatoms. The topological polar surface area (TPSA) is 96.0 Å². The van der Waals surface area contributed by atoms with Crippen LogP contribution in [-0.4, -0.2) is 50.9 Å². The first-order valence-corrected chi connectivity index (χ1v) is 14.5. The molecule has 1 unspecified atom stereocenters. The second-order valence-corrected chi connectivity index (χ2v) is 11.3. The molecule has 0 heterocycles. The van der Waals surface area contributed by atoms with Crippen molar-refractivity contribution in [2.24, 2.45) is 0 Å². The number of benzene rings is 3. The first-order valence-electron chi connectivity index (χ1n) is 12.7. The van der Waals surface area contributed by atoms with Crippen LogP contribution in [0, 0.1) is 6.92 Å². The van der Waals surface area contributed by atoms with Crippen molar-refractivity contribution in [3.05, 3.63) is 88.9 Å². The van der Waals surface area contributed by atoms with E-state index < -0.39 is 28.5 Å². The highest BCUT2D eigenvalue weighted by Crippen LogP contribution is 2.27. The van der Waals surface area contributed by atoms with Gasteiger partial charge in [0.05, 0.1) is 17.2 Å². The lowest BCUT2D eigenvalue weighted by atomic mass is 10.1. The largest absolute Gasteiger partial charge is 0.494 e. The van der Waals surface area contributed by atoms with Gasteiger partial charge in [0.1, 0.15) is 18.3 Å². The number of aryl methyl sites for hydroxylation is 1. The molecule has 0 aliphatic carbocycles. The number of halogens is 1. The Morgan fingerprint density at radius 3 is 2.26 bits per heavy atom. The summed E-state index contributed by atoms with van der Waals surface area (Å²) in [5.74, 6) is -0.312. The van der Waals surface area contributed by atoms with Gasteiger partial charge in [0.25, 0.3) is 10.0 Å². The number of nitrogens with one attached hydrogen (secondary N) is 1. The Hall–Kier alpha value is -3.56. The molecule has 208 valence electrons. The van der Waals surface area contributed by atoms with E-state index in [0.29, 0.717) is 35.2 Å². The zero-order valence-corrected chi connectivity index (χ0v) is 24.1. The predicted molar refractivity (Wildman–Crippen MR) is 153 cm³/mol. The minimum Gasteiger partial charge on any atom is -0.494 e. The van der Waals surface area contributed by atoms with E-state index in [9.17, 15) is 18.0 Å². The van der Waals surface area contributed by atoms with Crippen molar-refractivity contribution in [3.8, 4) is 5.75 Å². The van der Waals surface area contributed by atoms with Gasteiger partial charge in [0.2, 0.25) is 11.8 Å². The molecule has 0 spiro atoms. The lowest BCUT2D eigenvalue weighted by molar-refractivity contribution is -0.139. The fraction of sp³-hybridized carbons (Fsp3) is 0.310. The van der Waals surface area contributed by atoms with Crippen molar-refractivity contribution in [1.29, 1.82) is 0 Å². The summed E-state index contributed by atoms with van der Waals surface area (Å²) in [6, 6.07) is 19.0. The summed E-state index contributed by atoms with van der Waals surface area (Å²) >= 11 is 6.16. The number of amides is 2. The van der Waals surface area contributed by atoms with Gasteiger partial charge in [0, 0.05) is 18.1 Å². The van der Waals surface area contributed by atoms with Gasteiger partial charge in [-0.25, -0.2) is 8.42 Å². The highest BCUT2D eigenvalue weighted by molar-refractivity contribution is 7.92. The van der Waals surface area contributed by atoms with E-state index in [4.69, 9.17) is 16.3 Å². The van der Waals surface area contributed by atoms with E-state index in [1.165, 1.54) is 17.0 Å². The summed E-state index contributed by atoms with van der Waals surface area (Å²) in [5.41, 5.74) is 1.91. The van der Waals surface area contributed by atoms with Gasteiger partial charge >= 0.3 is 0 Å². The molecule has 0 saturated carbocycles. The summed E-state index contributed by atoms with van der Waals surface area (Å²) in [6.07, 6.45) is 0. The third-order valence-electron chi connectivity index (χ3n) is 6.08. The number of carbonyl (C=O) groups excluding carboxylic acids is 2. The van der Waals surface area contributed by atoms with Crippen molar-refractivity contribution >= 4 is 39.1 Å². The van der Waals surface area contributed by atoms with Crippen LogP contribution in [0.3, 0.4) is 0 Å². The fourth-order valence-electron chi connectivity index (χ4n) is 3.98. The zero-order valence-electron chi connectivity index (χ0n) is 22.6. The third-order valence-corrected chi connectivity index (χ3v) is 8.11. The number of rotatable bonds is 12. The van der Waals surface area contributed by atoms with Crippen LogP contribution in [0.4, 0.5) is 5.69 Å². The second kappa shape index (κ2) is 13.5. The zero-order chi connectivity index (χ0) is 28.6. The molecule has 0 aromatic heterocycles. The molecule has 8 nitrogen and oxygen atoms in total. The maximum absolute atomic E-state index is 13.9. The molecular formula is C29H34ClN3O5S. The normalized spacial score (nSPS) is 11.9. The number of carbonyl (C=O) groups is 2. The Balaban J connectivity index is 2.03. The number of anilines is 1. The lowest BCUT2D eigenvalue weighted by Crippen LogP contribution is -2.51. The standard InChI is InChI=1S/C29H34ClN3O5S/c1-5-31-29(35)22(4)32(19-23-8-7-9-24(30)18-23)28(34)20-33(25-12-14-26(15-13-25)38-6-2)39(36,37)27-16-10-21(3)11-17-27/h7-18,22H,5-6,19-20H2,1-4H3,(H,31,35). The summed E-state index contributed by atoms with van der Waals surface area (Å²) < 4.78 is 34.3.